The van der Waals surface area contributed by atoms with Crippen molar-refractivity contribution < 1.29 is 4.79 Å². The molecule has 19 heavy (non-hydrogen) atoms. The van der Waals surface area contributed by atoms with Crippen molar-refractivity contribution >= 4 is 21.8 Å². The Balaban J connectivity index is 2.09. The van der Waals surface area contributed by atoms with Crippen LogP contribution in [0.4, 0.5) is 0 Å². The fourth-order valence-electron chi connectivity index (χ4n) is 2.16. The fourth-order valence-corrected chi connectivity index (χ4v) is 2.75. The molecule has 0 unspecified atom stereocenters. The van der Waals surface area contributed by atoms with E-state index in [1.807, 2.05) is 11.9 Å². The quantitative estimate of drug-likeness (QED) is 0.803. The number of hydrogen-bond acceptors (Lipinski definition) is 3. The molecule has 0 aliphatic carbocycles. The van der Waals surface area contributed by atoms with Gasteiger partial charge in [0.15, 0.2) is 0 Å². The van der Waals surface area contributed by atoms with E-state index in [4.69, 9.17) is 0 Å². The van der Waals surface area contributed by atoms with E-state index in [9.17, 15) is 9.59 Å². The molecule has 1 aromatic rings. The van der Waals surface area contributed by atoms with Gasteiger partial charge in [0.25, 0.3) is 5.56 Å². The normalized spacial score (nSPS) is 16.7. The summed E-state index contributed by atoms with van der Waals surface area (Å²) in [4.78, 5) is 28.2. The van der Waals surface area contributed by atoms with Gasteiger partial charge >= 0.3 is 0 Å². The zero-order valence-corrected chi connectivity index (χ0v) is 12.8. The summed E-state index contributed by atoms with van der Waals surface area (Å²) in [5.41, 5.74) is 0.534. The summed E-state index contributed by atoms with van der Waals surface area (Å²) in [6.45, 7) is 5.11. The Kier molecular flexibility index (Phi) is 4.42. The summed E-state index contributed by atoms with van der Waals surface area (Å²) in [7, 11) is 2.05. The van der Waals surface area contributed by atoms with E-state index >= 15 is 0 Å². The number of carbonyl (C=O) groups excluding carboxylic acids is 1. The molecule has 0 aromatic carbocycles. The van der Waals surface area contributed by atoms with E-state index in [2.05, 4.69) is 20.8 Å². The molecule has 1 aromatic heterocycles. The first-order chi connectivity index (χ1) is 8.97. The molecule has 6 heteroatoms. The summed E-state index contributed by atoms with van der Waals surface area (Å²) in [5.74, 6) is 0.00713. The summed E-state index contributed by atoms with van der Waals surface area (Å²) in [5, 5.41) is 0. The summed E-state index contributed by atoms with van der Waals surface area (Å²) in [6.07, 6.45) is 1.67. The van der Waals surface area contributed by atoms with Crippen molar-refractivity contribution in [1.82, 2.24) is 14.4 Å². The lowest BCUT2D eigenvalue weighted by atomic mass is 10.3. The van der Waals surface area contributed by atoms with Crippen LogP contribution in [0, 0.1) is 6.92 Å². The number of carbonyl (C=O) groups is 1. The minimum atomic E-state index is -0.106. The third-order valence-corrected chi connectivity index (χ3v) is 3.83. The van der Waals surface area contributed by atoms with Crippen LogP contribution in [0.15, 0.2) is 21.5 Å². The zero-order valence-electron chi connectivity index (χ0n) is 11.2. The van der Waals surface area contributed by atoms with Gasteiger partial charge < -0.3 is 14.4 Å². The lowest BCUT2D eigenvalue weighted by Crippen LogP contribution is -2.48. The van der Waals surface area contributed by atoms with Crippen LogP contribution in [-0.2, 0) is 11.3 Å². The first-order valence-electron chi connectivity index (χ1n) is 6.30. The predicted molar refractivity (Wildman–Crippen MR) is 77.2 cm³/mol. The van der Waals surface area contributed by atoms with E-state index < -0.39 is 0 Å². The highest BCUT2D eigenvalue weighted by atomic mass is 79.9. The molecule has 2 rings (SSSR count). The number of nitrogens with zero attached hydrogens (tertiary/aromatic N) is 3. The SMILES string of the molecule is Cc1cc(Br)cn(CC(=O)N2CCN(C)CC2)c1=O. The Morgan fingerprint density at radius 2 is 1.95 bits per heavy atom. The van der Waals surface area contributed by atoms with Crippen LogP contribution >= 0.6 is 15.9 Å². The van der Waals surface area contributed by atoms with Crippen LogP contribution < -0.4 is 5.56 Å². The zero-order chi connectivity index (χ0) is 14.0. The second-order valence-electron chi connectivity index (χ2n) is 4.96. The predicted octanol–water partition coefficient (Wildman–Crippen LogP) is 0.693. The molecule has 0 radical (unpaired) electrons. The lowest BCUT2D eigenvalue weighted by Gasteiger charge is -2.32. The molecule has 5 nitrogen and oxygen atoms in total. The van der Waals surface area contributed by atoms with Gasteiger partial charge in [-0.2, -0.15) is 0 Å². The van der Waals surface area contributed by atoms with Gasteiger partial charge in [-0.25, -0.2) is 0 Å². The van der Waals surface area contributed by atoms with E-state index in [1.165, 1.54) is 4.57 Å². The first kappa shape index (κ1) is 14.3. The molecule has 0 saturated carbocycles. The average molecular weight is 328 g/mol. The Bertz CT molecular complexity index is 533. The highest BCUT2D eigenvalue weighted by molar-refractivity contribution is 9.10. The Labute approximate surface area is 120 Å². The summed E-state index contributed by atoms with van der Waals surface area (Å²) < 4.78 is 2.29. The largest absolute Gasteiger partial charge is 0.339 e. The maximum absolute atomic E-state index is 12.2. The molecule has 104 valence electrons. The van der Waals surface area contributed by atoms with Gasteiger partial charge in [0, 0.05) is 42.4 Å². The van der Waals surface area contributed by atoms with Crippen molar-refractivity contribution in [2.75, 3.05) is 33.2 Å². The van der Waals surface area contributed by atoms with E-state index in [-0.39, 0.29) is 18.0 Å². The van der Waals surface area contributed by atoms with Crippen molar-refractivity contribution in [2.24, 2.45) is 0 Å². The maximum atomic E-state index is 12.2. The minimum Gasteiger partial charge on any atom is -0.339 e. The van der Waals surface area contributed by atoms with Crippen LogP contribution in [-0.4, -0.2) is 53.5 Å². The summed E-state index contributed by atoms with van der Waals surface area (Å²) >= 11 is 3.35. The van der Waals surface area contributed by atoms with Gasteiger partial charge in [0.2, 0.25) is 5.91 Å². The highest BCUT2D eigenvalue weighted by Gasteiger charge is 2.19. The molecule has 1 amide bonds. The molecule has 0 N–H and O–H groups in total. The molecule has 1 fully saturated rings. The van der Waals surface area contributed by atoms with Crippen LogP contribution in [0.5, 0.6) is 0 Å². The van der Waals surface area contributed by atoms with Crippen molar-refractivity contribution in [1.29, 1.82) is 0 Å². The number of hydrogen-bond donors (Lipinski definition) is 0. The van der Waals surface area contributed by atoms with E-state index in [0.29, 0.717) is 5.56 Å². The van der Waals surface area contributed by atoms with Gasteiger partial charge in [-0.3, -0.25) is 9.59 Å². The van der Waals surface area contributed by atoms with Gasteiger partial charge in [-0.1, -0.05) is 0 Å². The lowest BCUT2D eigenvalue weighted by molar-refractivity contribution is -0.133. The number of pyridine rings is 1. The first-order valence-corrected chi connectivity index (χ1v) is 7.09. The minimum absolute atomic E-state index is 0.00713. The number of aryl methyl sites for hydroxylation is 1. The molecule has 1 saturated heterocycles. The third kappa shape index (κ3) is 3.45. The maximum Gasteiger partial charge on any atom is 0.253 e. The highest BCUT2D eigenvalue weighted by Crippen LogP contribution is 2.08. The molecular weight excluding hydrogens is 310 g/mol. The van der Waals surface area contributed by atoms with Crippen LogP contribution in [0.2, 0.25) is 0 Å². The Morgan fingerprint density at radius 1 is 1.32 bits per heavy atom. The smallest absolute Gasteiger partial charge is 0.253 e. The van der Waals surface area contributed by atoms with E-state index in [1.54, 1.807) is 19.2 Å². The molecule has 0 atom stereocenters. The molecule has 0 spiro atoms. The third-order valence-electron chi connectivity index (χ3n) is 3.39. The molecule has 1 aliphatic heterocycles. The molecular formula is C13H18BrN3O2. The number of amides is 1. The molecule has 2 heterocycles. The second-order valence-corrected chi connectivity index (χ2v) is 5.87. The van der Waals surface area contributed by atoms with Gasteiger partial charge in [-0.05, 0) is 36.0 Å². The Hall–Kier alpha value is -1.14. The number of halogens is 1. The van der Waals surface area contributed by atoms with Crippen molar-refractivity contribution in [2.45, 2.75) is 13.5 Å². The second kappa shape index (κ2) is 5.88. The molecule has 0 bridgehead atoms. The number of piperazine rings is 1. The van der Waals surface area contributed by atoms with Gasteiger partial charge in [-0.15, -0.1) is 0 Å². The number of likely N-dealkylation sites (N-methyl/N-ethyl adjacent to an activating group) is 1. The Morgan fingerprint density at radius 3 is 2.58 bits per heavy atom. The van der Waals surface area contributed by atoms with Crippen LogP contribution in [0.3, 0.4) is 0 Å². The number of aromatic nitrogens is 1. The van der Waals surface area contributed by atoms with Crippen LogP contribution in [0.25, 0.3) is 0 Å². The average Bonchev–Trinajstić information content (AvgIpc) is 2.36. The summed E-state index contributed by atoms with van der Waals surface area (Å²) in [6, 6.07) is 1.76. The van der Waals surface area contributed by atoms with Crippen molar-refractivity contribution in [3.05, 3.63) is 32.7 Å². The van der Waals surface area contributed by atoms with Gasteiger partial charge in [0.05, 0.1) is 0 Å². The van der Waals surface area contributed by atoms with Gasteiger partial charge in [0.1, 0.15) is 6.54 Å². The monoisotopic (exact) mass is 327 g/mol. The van der Waals surface area contributed by atoms with Crippen molar-refractivity contribution in [3.8, 4) is 0 Å². The molecule has 1 aliphatic rings. The van der Waals surface area contributed by atoms with Crippen LogP contribution in [0.1, 0.15) is 5.56 Å². The topological polar surface area (TPSA) is 45.6 Å². The standard InChI is InChI=1S/C13H18BrN3O2/c1-10-7-11(14)8-17(13(10)19)9-12(18)16-5-3-15(2)4-6-16/h7-8H,3-6,9H2,1-2H3. The van der Waals surface area contributed by atoms with Crippen molar-refractivity contribution in [3.63, 3.8) is 0 Å². The van der Waals surface area contributed by atoms with E-state index in [0.717, 1.165) is 30.7 Å². The number of rotatable bonds is 2. The fraction of sp³-hybridized carbons (Fsp3) is 0.538.